The maximum Gasteiger partial charge on any atom is 0.0557 e. The summed E-state index contributed by atoms with van der Waals surface area (Å²) in [4.78, 5) is 2.58. The summed E-state index contributed by atoms with van der Waals surface area (Å²) in [6.45, 7) is 10.6. The van der Waals surface area contributed by atoms with Gasteiger partial charge < -0.3 is 10.1 Å². The molecule has 1 atom stereocenters. The van der Waals surface area contributed by atoms with E-state index in [1.807, 2.05) is 0 Å². The van der Waals surface area contributed by atoms with E-state index in [1.54, 1.807) is 0 Å². The molecule has 2 aromatic carbocycles. The minimum atomic E-state index is 0.425. The molecule has 2 heterocycles. The molecule has 0 aromatic heterocycles. The first kappa shape index (κ1) is 17.7. The zero-order chi connectivity index (χ0) is 17.9. The number of ether oxygens (including phenoxy) is 1. The number of rotatable bonds is 5. The second kappa shape index (κ2) is 7.91. The van der Waals surface area contributed by atoms with Gasteiger partial charge in [0.15, 0.2) is 0 Å². The molecule has 0 unspecified atom stereocenters. The lowest BCUT2D eigenvalue weighted by Gasteiger charge is -2.35. The third kappa shape index (κ3) is 3.85. The fraction of sp³-hybridized carbons (Fsp3) is 0.478. The third-order valence-electron chi connectivity index (χ3n) is 5.75. The zero-order valence-electron chi connectivity index (χ0n) is 15.9. The summed E-state index contributed by atoms with van der Waals surface area (Å²) in [6.07, 6.45) is 0. The monoisotopic (exact) mass is 350 g/mol. The summed E-state index contributed by atoms with van der Waals surface area (Å²) in [5.41, 5.74) is 5.77. The molecule has 0 spiro atoms. The lowest BCUT2D eigenvalue weighted by molar-refractivity contribution is 0.00841. The zero-order valence-corrected chi connectivity index (χ0v) is 15.9. The summed E-state index contributed by atoms with van der Waals surface area (Å²) in [7, 11) is 0. The van der Waals surface area contributed by atoms with Crippen molar-refractivity contribution in [2.24, 2.45) is 0 Å². The maximum atomic E-state index is 5.31. The normalized spacial score (nSPS) is 21.7. The molecule has 0 saturated carbocycles. The van der Waals surface area contributed by atoms with Crippen LogP contribution in [0.15, 0.2) is 48.5 Å². The minimum Gasteiger partial charge on any atom is -0.380 e. The number of piperazine rings is 1. The van der Waals surface area contributed by atoms with Crippen molar-refractivity contribution < 1.29 is 4.74 Å². The lowest BCUT2D eigenvalue weighted by Crippen LogP contribution is -2.45. The molecule has 2 aliphatic rings. The summed E-state index contributed by atoms with van der Waals surface area (Å²) >= 11 is 0. The van der Waals surface area contributed by atoms with Gasteiger partial charge in [0.05, 0.1) is 13.2 Å². The van der Waals surface area contributed by atoms with Crippen molar-refractivity contribution in [1.29, 1.82) is 0 Å². The van der Waals surface area contributed by atoms with Crippen molar-refractivity contribution in [3.8, 4) is 0 Å². The number of nitrogens with one attached hydrogen (secondary N) is 1. The Morgan fingerprint density at radius 3 is 2.54 bits per heavy atom. The summed E-state index contributed by atoms with van der Waals surface area (Å²) in [5, 5.41) is 3.73. The van der Waals surface area contributed by atoms with Crippen molar-refractivity contribution >= 4 is 0 Å². The molecule has 2 aromatic rings. The maximum absolute atomic E-state index is 5.31. The number of hydrogen-bond acceptors (Lipinski definition) is 3. The summed E-state index contributed by atoms with van der Waals surface area (Å²) in [6, 6.07) is 18.5. The molecule has 0 amide bonds. The molecule has 2 saturated heterocycles. The second-order valence-corrected chi connectivity index (χ2v) is 8.00. The van der Waals surface area contributed by atoms with Crippen LogP contribution in [0.1, 0.15) is 54.0 Å². The molecular formula is C23H30N2O. The molecule has 26 heavy (non-hydrogen) atoms. The van der Waals surface area contributed by atoms with Gasteiger partial charge in [-0.05, 0) is 28.2 Å². The van der Waals surface area contributed by atoms with Crippen LogP contribution in [-0.2, 0) is 11.3 Å². The van der Waals surface area contributed by atoms with Crippen LogP contribution in [0.2, 0.25) is 0 Å². The van der Waals surface area contributed by atoms with Crippen LogP contribution >= 0.6 is 0 Å². The molecule has 3 heteroatoms. The van der Waals surface area contributed by atoms with Crippen molar-refractivity contribution in [2.75, 3.05) is 32.8 Å². The predicted octanol–water partition coefficient (Wildman–Crippen LogP) is 4.07. The van der Waals surface area contributed by atoms with Gasteiger partial charge in [-0.2, -0.15) is 0 Å². The van der Waals surface area contributed by atoms with Crippen LogP contribution in [0.3, 0.4) is 0 Å². The van der Waals surface area contributed by atoms with Crippen molar-refractivity contribution in [3.63, 3.8) is 0 Å². The molecule has 4 rings (SSSR count). The van der Waals surface area contributed by atoms with E-state index in [0.29, 0.717) is 17.9 Å². The van der Waals surface area contributed by atoms with E-state index >= 15 is 0 Å². The Hall–Kier alpha value is -1.68. The topological polar surface area (TPSA) is 24.5 Å². The quantitative estimate of drug-likeness (QED) is 0.880. The minimum absolute atomic E-state index is 0.425. The second-order valence-electron chi connectivity index (χ2n) is 8.00. The number of hydrogen-bond donors (Lipinski definition) is 1. The molecule has 0 bridgehead atoms. The Labute approximate surface area is 157 Å². The van der Waals surface area contributed by atoms with Gasteiger partial charge in [0.25, 0.3) is 0 Å². The first-order valence-electron chi connectivity index (χ1n) is 9.92. The van der Waals surface area contributed by atoms with Gasteiger partial charge in [0.1, 0.15) is 0 Å². The Bertz CT molecular complexity index is 721. The van der Waals surface area contributed by atoms with Crippen molar-refractivity contribution in [1.82, 2.24) is 10.2 Å². The third-order valence-corrected chi connectivity index (χ3v) is 5.75. The van der Waals surface area contributed by atoms with Gasteiger partial charge in [0, 0.05) is 38.1 Å². The molecule has 2 fully saturated rings. The molecule has 138 valence electrons. The van der Waals surface area contributed by atoms with Crippen LogP contribution in [0.5, 0.6) is 0 Å². The fourth-order valence-electron chi connectivity index (χ4n) is 4.10. The standard InChI is InChI=1S/C23H30N2O/c1-17(2)21-5-3-4-6-22(21)23-14-25(12-11-24-23)13-18-7-9-19(10-8-18)20-15-26-16-20/h3-10,17,20,23-24H,11-16H2,1-2H3/t23-/m0/s1. The fourth-order valence-corrected chi connectivity index (χ4v) is 4.10. The summed E-state index contributed by atoms with van der Waals surface area (Å²) < 4.78 is 5.31. The number of nitrogens with zero attached hydrogens (tertiary/aromatic N) is 1. The van der Waals surface area contributed by atoms with Gasteiger partial charge in [0.2, 0.25) is 0 Å². The highest BCUT2D eigenvalue weighted by atomic mass is 16.5. The van der Waals surface area contributed by atoms with Crippen LogP contribution in [-0.4, -0.2) is 37.7 Å². The smallest absolute Gasteiger partial charge is 0.0557 e. The van der Waals surface area contributed by atoms with Crippen LogP contribution in [0.4, 0.5) is 0 Å². The Morgan fingerprint density at radius 2 is 1.85 bits per heavy atom. The van der Waals surface area contributed by atoms with E-state index < -0.39 is 0 Å². The molecule has 0 radical (unpaired) electrons. The average molecular weight is 351 g/mol. The summed E-state index contributed by atoms with van der Waals surface area (Å²) in [5.74, 6) is 1.17. The van der Waals surface area contributed by atoms with Gasteiger partial charge >= 0.3 is 0 Å². The van der Waals surface area contributed by atoms with E-state index in [-0.39, 0.29) is 0 Å². The van der Waals surface area contributed by atoms with Crippen LogP contribution < -0.4 is 5.32 Å². The largest absolute Gasteiger partial charge is 0.380 e. The van der Waals surface area contributed by atoms with E-state index in [4.69, 9.17) is 4.74 Å². The lowest BCUT2D eigenvalue weighted by atomic mass is 9.91. The highest BCUT2D eigenvalue weighted by Gasteiger charge is 2.24. The Morgan fingerprint density at radius 1 is 1.08 bits per heavy atom. The Balaban J connectivity index is 1.42. The first-order chi connectivity index (χ1) is 12.7. The molecular weight excluding hydrogens is 320 g/mol. The Kier molecular flexibility index (Phi) is 5.39. The van der Waals surface area contributed by atoms with Gasteiger partial charge in [-0.1, -0.05) is 62.4 Å². The van der Waals surface area contributed by atoms with Crippen LogP contribution in [0.25, 0.3) is 0 Å². The van der Waals surface area contributed by atoms with Gasteiger partial charge in [-0.15, -0.1) is 0 Å². The van der Waals surface area contributed by atoms with E-state index in [9.17, 15) is 0 Å². The SMILES string of the molecule is CC(C)c1ccccc1[C@@H]1CN(Cc2ccc(C3COC3)cc2)CCN1. The molecule has 3 nitrogen and oxygen atoms in total. The highest BCUT2D eigenvalue weighted by molar-refractivity contribution is 5.33. The average Bonchev–Trinajstić information content (AvgIpc) is 2.62. The predicted molar refractivity (Wildman–Crippen MR) is 107 cm³/mol. The van der Waals surface area contributed by atoms with E-state index in [1.165, 1.54) is 22.3 Å². The molecule has 2 aliphatic heterocycles. The van der Waals surface area contributed by atoms with E-state index in [0.717, 1.165) is 39.4 Å². The van der Waals surface area contributed by atoms with Gasteiger partial charge in [-0.3, -0.25) is 4.90 Å². The van der Waals surface area contributed by atoms with Gasteiger partial charge in [-0.25, -0.2) is 0 Å². The highest BCUT2D eigenvalue weighted by Crippen LogP contribution is 2.28. The van der Waals surface area contributed by atoms with Crippen molar-refractivity contribution in [2.45, 2.75) is 38.3 Å². The molecule has 1 N–H and O–H groups in total. The van der Waals surface area contributed by atoms with Crippen molar-refractivity contribution in [3.05, 3.63) is 70.8 Å². The first-order valence-corrected chi connectivity index (χ1v) is 9.92. The van der Waals surface area contributed by atoms with Crippen LogP contribution in [0, 0.1) is 0 Å². The van der Waals surface area contributed by atoms with E-state index in [2.05, 4.69) is 72.6 Å². The molecule has 0 aliphatic carbocycles. The number of benzene rings is 2.